The first kappa shape index (κ1) is 36.2. The third-order valence-corrected chi connectivity index (χ3v) is 20.9. The molecule has 0 unspecified atom stereocenters. The van der Waals surface area contributed by atoms with Crippen LogP contribution >= 0.6 is 22.6 Å². The molecule has 224 valence electrons. The lowest BCUT2D eigenvalue weighted by Crippen LogP contribution is -2.51. The van der Waals surface area contributed by atoms with E-state index < -0.39 is 22.7 Å². The molecule has 0 aliphatic carbocycles. The summed E-state index contributed by atoms with van der Waals surface area (Å²) in [5.74, 6) is 1.39. The average Bonchev–Trinajstić information content (AvgIpc) is 2.77. The molecule has 0 bridgehead atoms. The van der Waals surface area contributed by atoms with E-state index in [1.54, 1.807) is 0 Å². The summed E-state index contributed by atoms with van der Waals surface area (Å²) in [5.41, 5.74) is 3.56. The monoisotopic (exact) mass is 688 g/mol. The molecule has 0 radical (unpaired) electrons. The van der Waals surface area contributed by atoms with Crippen LogP contribution in [0.1, 0.15) is 116 Å². The molecule has 0 aliphatic rings. The second kappa shape index (κ2) is 14.9. The molecule has 4 nitrogen and oxygen atoms in total. The number of esters is 1. The summed E-state index contributed by atoms with van der Waals surface area (Å²) < 4.78 is 21.5. The number of carbonyl (C=O) groups is 1. The first-order chi connectivity index (χ1) is 17.8. The van der Waals surface area contributed by atoms with Gasteiger partial charge >= 0.3 is 5.97 Å². The molecule has 0 spiro atoms. The third-order valence-electron chi connectivity index (χ3n) is 8.50. The summed E-state index contributed by atoms with van der Waals surface area (Å²) in [7, 11) is -4.45. The summed E-state index contributed by atoms with van der Waals surface area (Å²) in [6, 6.07) is 6.32. The van der Waals surface area contributed by atoms with Gasteiger partial charge in [-0.2, -0.15) is 0 Å². The van der Waals surface area contributed by atoms with Crippen LogP contribution < -0.4 is 8.85 Å². The summed E-state index contributed by atoms with van der Waals surface area (Å²) in [6.07, 6.45) is 1.73. The standard InChI is InChI=1S/C32H57IO4Si2/c1-20(2)38(21(3)4,22(5)6)36-30-17-29(32(35-28(15)34)26(13)16-27(14)33)18-31(19-30)37-39(23(7)8,24(9)10)25(11)12/h16-26,32H,1-15H3/b27-16+/t26-,32+/m1/s1. The Morgan fingerprint density at radius 3 is 1.26 bits per heavy atom. The highest BCUT2D eigenvalue weighted by Gasteiger charge is 2.48. The molecule has 0 saturated heterocycles. The van der Waals surface area contributed by atoms with Gasteiger partial charge in [-0.1, -0.05) is 96.1 Å². The molecule has 2 atom stereocenters. The van der Waals surface area contributed by atoms with Crippen LogP contribution in [-0.2, 0) is 9.53 Å². The Balaban J connectivity index is 3.99. The van der Waals surface area contributed by atoms with E-state index in [2.05, 4.69) is 144 Å². The van der Waals surface area contributed by atoms with Crippen molar-refractivity contribution in [1.29, 1.82) is 0 Å². The predicted molar refractivity (Wildman–Crippen MR) is 181 cm³/mol. The first-order valence-corrected chi connectivity index (χ1v) is 20.2. The van der Waals surface area contributed by atoms with E-state index in [-0.39, 0.29) is 11.9 Å². The van der Waals surface area contributed by atoms with Crippen LogP contribution in [0.2, 0.25) is 33.2 Å². The van der Waals surface area contributed by atoms with Crippen molar-refractivity contribution in [3.8, 4) is 11.5 Å². The number of hydrogen-bond donors (Lipinski definition) is 0. The van der Waals surface area contributed by atoms with Crippen LogP contribution in [-0.4, -0.2) is 22.6 Å². The summed E-state index contributed by atoms with van der Waals surface area (Å²) in [6.45, 7) is 33.3. The van der Waals surface area contributed by atoms with E-state index in [1.807, 2.05) is 0 Å². The van der Waals surface area contributed by atoms with E-state index in [0.717, 1.165) is 20.6 Å². The molecule has 7 heteroatoms. The fourth-order valence-corrected chi connectivity index (χ4v) is 18.1. The third kappa shape index (κ3) is 8.60. The Labute approximate surface area is 256 Å². The van der Waals surface area contributed by atoms with Crippen LogP contribution in [0, 0.1) is 5.92 Å². The van der Waals surface area contributed by atoms with Crippen LogP contribution in [0.4, 0.5) is 0 Å². The van der Waals surface area contributed by atoms with Gasteiger partial charge in [0.05, 0.1) is 0 Å². The minimum atomic E-state index is -2.22. The number of hydrogen-bond acceptors (Lipinski definition) is 4. The molecule has 0 fully saturated rings. The van der Waals surface area contributed by atoms with Gasteiger partial charge in [-0.3, -0.25) is 4.79 Å². The van der Waals surface area contributed by atoms with E-state index in [4.69, 9.17) is 13.6 Å². The molecule has 39 heavy (non-hydrogen) atoms. The molecule has 0 saturated carbocycles. The van der Waals surface area contributed by atoms with E-state index in [9.17, 15) is 4.79 Å². The van der Waals surface area contributed by atoms with Gasteiger partial charge in [0.1, 0.15) is 17.6 Å². The van der Waals surface area contributed by atoms with Crippen molar-refractivity contribution in [3.05, 3.63) is 33.4 Å². The maximum Gasteiger partial charge on any atom is 0.303 e. The van der Waals surface area contributed by atoms with Gasteiger partial charge in [-0.15, -0.1) is 0 Å². The first-order valence-electron chi connectivity index (χ1n) is 14.9. The average molecular weight is 689 g/mol. The number of rotatable bonds is 14. The van der Waals surface area contributed by atoms with Crippen molar-refractivity contribution in [2.45, 2.75) is 143 Å². The van der Waals surface area contributed by atoms with Crippen molar-refractivity contribution in [3.63, 3.8) is 0 Å². The molecular formula is C32H57IO4Si2. The minimum absolute atomic E-state index is 0.00139. The SMILES string of the molecule is CC(=O)O[C@H](c1cc(O[Si](C(C)C)(C(C)C)C(C)C)cc(O[Si](C(C)C)(C(C)C)C(C)C)c1)[C@H](C)/C=C(\C)I. The molecule has 1 aromatic carbocycles. The molecule has 0 N–H and O–H groups in total. The maximum atomic E-state index is 12.3. The predicted octanol–water partition coefficient (Wildman–Crippen LogP) is 11.4. The molecule has 0 aromatic heterocycles. The Bertz CT molecular complexity index is 869. The minimum Gasteiger partial charge on any atom is -0.543 e. The highest BCUT2D eigenvalue weighted by atomic mass is 127. The highest BCUT2D eigenvalue weighted by Crippen LogP contribution is 2.47. The van der Waals surface area contributed by atoms with Crippen molar-refractivity contribution < 1.29 is 18.4 Å². The van der Waals surface area contributed by atoms with Gasteiger partial charge in [0, 0.05) is 24.5 Å². The quantitative estimate of drug-likeness (QED) is 0.111. The summed E-state index contributed by atoms with van der Waals surface area (Å²) in [4.78, 5) is 12.3. The lowest BCUT2D eigenvalue weighted by molar-refractivity contribution is -0.148. The fraction of sp³-hybridized carbons (Fsp3) is 0.719. The molecule has 0 aliphatic heterocycles. The zero-order valence-electron chi connectivity index (χ0n) is 27.4. The fourth-order valence-electron chi connectivity index (χ4n) is 7.10. The van der Waals surface area contributed by atoms with Crippen LogP contribution in [0.15, 0.2) is 27.9 Å². The van der Waals surface area contributed by atoms with Crippen LogP contribution in [0.5, 0.6) is 11.5 Å². The zero-order chi connectivity index (χ0) is 30.5. The van der Waals surface area contributed by atoms with E-state index in [1.165, 1.54) is 6.92 Å². The van der Waals surface area contributed by atoms with Crippen molar-refractivity contribution in [1.82, 2.24) is 0 Å². The van der Waals surface area contributed by atoms with Crippen molar-refractivity contribution in [2.24, 2.45) is 5.92 Å². The normalized spacial score (nSPS) is 15.1. The number of ether oxygens (including phenoxy) is 1. The number of benzene rings is 1. The van der Waals surface area contributed by atoms with Gasteiger partial charge < -0.3 is 13.6 Å². The van der Waals surface area contributed by atoms with E-state index >= 15 is 0 Å². The Hall–Kier alpha value is -0.806. The maximum absolute atomic E-state index is 12.3. The number of allylic oxidation sites excluding steroid dienone is 1. The smallest absolute Gasteiger partial charge is 0.303 e. The molecule has 1 rings (SSSR count). The summed E-state index contributed by atoms with van der Waals surface area (Å²) >= 11 is 2.32. The van der Waals surface area contributed by atoms with Gasteiger partial charge in [-0.05, 0) is 78.5 Å². The Morgan fingerprint density at radius 2 is 1.00 bits per heavy atom. The van der Waals surface area contributed by atoms with Crippen LogP contribution in [0.3, 0.4) is 0 Å². The van der Waals surface area contributed by atoms with Crippen LogP contribution in [0.25, 0.3) is 0 Å². The second-order valence-corrected chi connectivity index (χ2v) is 25.7. The zero-order valence-corrected chi connectivity index (χ0v) is 31.6. The Kier molecular flexibility index (Phi) is 13.8. The lowest BCUT2D eigenvalue weighted by atomic mass is 9.96. The Morgan fingerprint density at radius 1 is 0.667 bits per heavy atom. The topological polar surface area (TPSA) is 44.8 Å². The van der Waals surface area contributed by atoms with Gasteiger partial charge in [0.2, 0.25) is 0 Å². The van der Waals surface area contributed by atoms with Crippen molar-refractivity contribution >= 4 is 45.2 Å². The summed E-state index contributed by atoms with van der Waals surface area (Å²) in [5, 5.41) is 0. The highest BCUT2D eigenvalue weighted by molar-refractivity contribution is 14.1. The largest absolute Gasteiger partial charge is 0.543 e. The van der Waals surface area contributed by atoms with E-state index in [0.29, 0.717) is 33.2 Å². The molecule has 1 aromatic rings. The number of carbonyl (C=O) groups excluding carboxylic acids is 1. The van der Waals surface area contributed by atoms with Crippen molar-refractivity contribution in [2.75, 3.05) is 0 Å². The lowest BCUT2D eigenvalue weighted by Gasteiger charge is -2.43. The number of halogens is 1. The van der Waals surface area contributed by atoms with Gasteiger partial charge in [0.25, 0.3) is 16.6 Å². The second-order valence-electron chi connectivity index (χ2n) is 13.2. The molecular weight excluding hydrogens is 631 g/mol. The molecule has 0 heterocycles. The molecule has 0 amide bonds. The van der Waals surface area contributed by atoms with Gasteiger partial charge in [-0.25, -0.2) is 0 Å². The van der Waals surface area contributed by atoms with Gasteiger partial charge in [0.15, 0.2) is 0 Å².